The second kappa shape index (κ2) is 5.99. The van der Waals surface area contributed by atoms with Crippen molar-refractivity contribution in [3.8, 4) is 0 Å². The molecule has 0 saturated carbocycles. The molecular weight excluding hydrogens is 328 g/mol. The fourth-order valence-corrected chi connectivity index (χ4v) is 3.63. The fourth-order valence-electron chi connectivity index (χ4n) is 2.55. The summed E-state index contributed by atoms with van der Waals surface area (Å²) in [5, 5.41) is 4.27. The van der Waals surface area contributed by atoms with E-state index < -0.39 is 26.6 Å². The van der Waals surface area contributed by atoms with Crippen molar-refractivity contribution in [1.29, 1.82) is 0 Å². The molecule has 0 amide bonds. The number of aryl methyl sites for hydroxylation is 1. The van der Waals surface area contributed by atoms with Gasteiger partial charge in [0, 0.05) is 24.7 Å². The monoisotopic (exact) mass is 343 g/mol. The fraction of sp³-hybridized carbons (Fsp3) is 0.357. The molecule has 23 heavy (non-hydrogen) atoms. The van der Waals surface area contributed by atoms with Crippen molar-refractivity contribution < 1.29 is 21.9 Å². The second-order valence-corrected chi connectivity index (χ2v) is 6.93. The van der Waals surface area contributed by atoms with Crippen LogP contribution in [0.25, 0.3) is 0 Å². The van der Waals surface area contributed by atoms with Crippen LogP contribution in [-0.2, 0) is 41.4 Å². The average molecular weight is 343 g/mol. The molecule has 3 rings (SSSR count). The van der Waals surface area contributed by atoms with E-state index in [1.165, 1.54) is 0 Å². The van der Waals surface area contributed by atoms with E-state index in [-0.39, 0.29) is 6.54 Å². The van der Waals surface area contributed by atoms with E-state index in [4.69, 9.17) is 4.74 Å². The Kier molecular flexibility index (Phi) is 4.17. The Hall–Kier alpha value is -1.84. The second-order valence-electron chi connectivity index (χ2n) is 5.20. The van der Waals surface area contributed by atoms with E-state index in [9.17, 15) is 17.2 Å². The zero-order valence-electron chi connectivity index (χ0n) is 12.3. The van der Waals surface area contributed by atoms with Crippen molar-refractivity contribution in [3.63, 3.8) is 0 Å². The van der Waals surface area contributed by atoms with Crippen LogP contribution in [0.1, 0.15) is 17.0 Å². The standard InChI is InChI=1S/C14H15F2N3O3S/c1-19-13-4-5-22-8-10(13)12(18-19)7-17-23(20,21)14-6-9(15)2-3-11(14)16/h2-3,6,17H,4-5,7-8H2,1H3. The zero-order valence-corrected chi connectivity index (χ0v) is 13.2. The molecule has 1 aromatic carbocycles. The summed E-state index contributed by atoms with van der Waals surface area (Å²) in [4.78, 5) is -0.724. The first-order valence-electron chi connectivity index (χ1n) is 6.94. The van der Waals surface area contributed by atoms with Crippen LogP contribution in [0.2, 0.25) is 0 Å². The zero-order chi connectivity index (χ0) is 16.6. The van der Waals surface area contributed by atoms with Gasteiger partial charge in [-0.05, 0) is 18.2 Å². The van der Waals surface area contributed by atoms with Gasteiger partial charge in [0.15, 0.2) is 0 Å². The molecule has 2 aromatic rings. The number of benzene rings is 1. The Balaban J connectivity index is 1.84. The van der Waals surface area contributed by atoms with Crippen molar-refractivity contribution in [2.75, 3.05) is 6.61 Å². The number of hydrogen-bond acceptors (Lipinski definition) is 4. The highest BCUT2D eigenvalue weighted by Crippen LogP contribution is 2.21. The Bertz CT molecular complexity index is 849. The number of hydrogen-bond donors (Lipinski definition) is 1. The molecule has 0 atom stereocenters. The van der Waals surface area contributed by atoms with Gasteiger partial charge < -0.3 is 4.74 Å². The summed E-state index contributed by atoms with van der Waals surface area (Å²) in [7, 11) is -2.41. The van der Waals surface area contributed by atoms with Gasteiger partial charge in [-0.3, -0.25) is 4.68 Å². The van der Waals surface area contributed by atoms with E-state index in [0.717, 1.165) is 23.4 Å². The van der Waals surface area contributed by atoms with Gasteiger partial charge in [0.2, 0.25) is 10.0 Å². The summed E-state index contributed by atoms with van der Waals surface area (Å²) < 4.78 is 60.5. The maximum absolute atomic E-state index is 13.6. The molecule has 9 heteroatoms. The van der Waals surface area contributed by atoms with E-state index in [2.05, 4.69) is 9.82 Å². The first-order valence-corrected chi connectivity index (χ1v) is 8.43. The lowest BCUT2D eigenvalue weighted by atomic mass is 10.1. The highest BCUT2D eigenvalue weighted by Gasteiger charge is 2.23. The maximum Gasteiger partial charge on any atom is 0.243 e. The van der Waals surface area contributed by atoms with Gasteiger partial charge in [0.05, 0.1) is 25.5 Å². The summed E-state index contributed by atoms with van der Waals surface area (Å²) >= 11 is 0. The summed E-state index contributed by atoms with van der Waals surface area (Å²) in [5.74, 6) is -1.83. The lowest BCUT2D eigenvalue weighted by Crippen LogP contribution is -2.25. The number of sulfonamides is 1. The number of nitrogens with one attached hydrogen (secondary N) is 1. The molecule has 0 bridgehead atoms. The third kappa shape index (κ3) is 3.12. The van der Waals surface area contributed by atoms with Gasteiger partial charge in [-0.15, -0.1) is 0 Å². The van der Waals surface area contributed by atoms with Crippen LogP contribution in [0, 0.1) is 11.6 Å². The lowest BCUT2D eigenvalue weighted by Gasteiger charge is -2.14. The van der Waals surface area contributed by atoms with Crippen molar-refractivity contribution in [2.45, 2.75) is 24.5 Å². The molecule has 1 aliphatic rings. The molecule has 0 spiro atoms. The number of halogens is 2. The van der Waals surface area contributed by atoms with Gasteiger partial charge in [0.1, 0.15) is 16.5 Å². The van der Waals surface area contributed by atoms with Gasteiger partial charge >= 0.3 is 0 Å². The van der Waals surface area contributed by atoms with Gasteiger partial charge in [-0.2, -0.15) is 5.10 Å². The van der Waals surface area contributed by atoms with E-state index in [0.29, 0.717) is 31.4 Å². The molecule has 124 valence electrons. The molecule has 0 aliphatic carbocycles. The lowest BCUT2D eigenvalue weighted by molar-refractivity contribution is 0.108. The van der Waals surface area contributed by atoms with Gasteiger partial charge in [-0.25, -0.2) is 21.9 Å². The summed E-state index contributed by atoms with van der Waals surface area (Å²) in [6.45, 7) is 0.825. The molecule has 0 saturated heterocycles. The quantitative estimate of drug-likeness (QED) is 0.907. The Labute approximate surface area is 132 Å². The number of rotatable bonds is 4. The van der Waals surface area contributed by atoms with E-state index >= 15 is 0 Å². The molecular formula is C14H15F2N3O3S. The summed E-state index contributed by atoms with van der Waals surface area (Å²) in [6.07, 6.45) is 0.699. The van der Waals surface area contributed by atoms with Crippen LogP contribution >= 0.6 is 0 Å². The number of aromatic nitrogens is 2. The van der Waals surface area contributed by atoms with Gasteiger partial charge in [0.25, 0.3) is 0 Å². The molecule has 1 N–H and O–H groups in total. The summed E-state index contributed by atoms with van der Waals surface area (Å²) in [6, 6.07) is 2.29. The first-order chi connectivity index (χ1) is 10.9. The SMILES string of the molecule is Cn1nc(CNS(=O)(=O)c2cc(F)ccc2F)c2c1CCOC2. The van der Waals surface area contributed by atoms with Crippen LogP contribution in [0.3, 0.4) is 0 Å². The summed E-state index contributed by atoms with van der Waals surface area (Å²) in [5.41, 5.74) is 2.34. The topological polar surface area (TPSA) is 73.2 Å². The van der Waals surface area contributed by atoms with Crippen molar-refractivity contribution in [2.24, 2.45) is 7.05 Å². The minimum absolute atomic E-state index is 0.120. The predicted octanol–water partition coefficient (Wildman–Crippen LogP) is 1.25. The minimum atomic E-state index is -4.18. The predicted molar refractivity (Wildman–Crippen MR) is 77.0 cm³/mol. The molecule has 2 heterocycles. The smallest absolute Gasteiger partial charge is 0.243 e. The average Bonchev–Trinajstić information content (AvgIpc) is 2.85. The highest BCUT2D eigenvalue weighted by molar-refractivity contribution is 7.89. The maximum atomic E-state index is 13.6. The Morgan fingerprint density at radius 2 is 2.17 bits per heavy atom. The Morgan fingerprint density at radius 1 is 1.39 bits per heavy atom. The largest absolute Gasteiger partial charge is 0.376 e. The Morgan fingerprint density at radius 3 is 2.96 bits per heavy atom. The van der Waals surface area contributed by atoms with Crippen LogP contribution in [0.5, 0.6) is 0 Å². The van der Waals surface area contributed by atoms with Crippen LogP contribution in [-0.4, -0.2) is 24.8 Å². The third-order valence-corrected chi connectivity index (χ3v) is 5.12. The number of fused-ring (bicyclic) bond motifs is 1. The molecule has 0 fully saturated rings. The number of ether oxygens (including phenoxy) is 1. The van der Waals surface area contributed by atoms with Crippen molar-refractivity contribution >= 4 is 10.0 Å². The van der Waals surface area contributed by atoms with Crippen LogP contribution in [0.15, 0.2) is 23.1 Å². The molecule has 0 radical (unpaired) electrons. The molecule has 6 nitrogen and oxygen atoms in total. The van der Waals surface area contributed by atoms with Gasteiger partial charge in [-0.1, -0.05) is 0 Å². The highest BCUT2D eigenvalue weighted by atomic mass is 32.2. The molecule has 1 aliphatic heterocycles. The number of nitrogens with zero attached hydrogens (tertiary/aromatic N) is 2. The van der Waals surface area contributed by atoms with Crippen molar-refractivity contribution in [1.82, 2.24) is 14.5 Å². The molecule has 1 aromatic heterocycles. The molecule has 0 unspecified atom stereocenters. The van der Waals surface area contributed by atoms with E-state index in [1.807, 2.05) is 0 Å². The van der Waals surface area contributed by atoms with Crippen LogP contribution in [0.4, 0.5) is 8.78 Å². The van der Waals surface area contributed by atoms with Crippen molar-refractivity contribution in [3.05, 3.63) is 46.8 Å². The first kappa shape index (κ1) is 16.0. The third-order valence-electron chi connectivity index (χ3n) is 3.70. The van der Waals surface area contributed by atoms with Crippen LogP contribution < -0.4 is 4.72 Å². The van der Waals surface area contributed by atoms with E-state index in [1.54, 1.807) is 11.7 Å². The minimum Gasteiger partial charge on any atom is -0.376 e. The normalized spacial score (nSPS) is 14.7.